The minimum Gasteiger partial charge on any atom is -0.504 e. The van der Waals surface area contributed by atoms with Crippen LogP contribution in [0.4, 0.5) is 0 Å². The molecule has 4 aromatic rings. The number of hydrogen-bond acceptors (Lipinski definition) is 8. The predicted molar refractivity (Wildman–Crippen MR) is 163 cm³/mol. The second kappa shape index (κ2) is 10.7. The van der Waals surface area contributed by atoms with Crippen molar-refractivity contribution >= 4 is 0 Å². The van der Waals surface area contributed by atoms with Gasteiger partial charge in [0.1, 0.15) is 5.75 Å². The largest absolute Gasteiger partial charge is 0.504 e. The molecule has 0 saturated heterocycles. The quantitative estimate of drug-likeness (QED) is 0.283. The van der Waals surface area contributed by atoms with Gasteiger partial charge in [0.2, 0.25) is 5.75 Å². The first-order valence-electron chi connectivity index (χ1n) is 14.7. The van der Waals surface area contributed by atoms with Crippen molar-refractivity contribution < 1.29 is 29.2 Å². The lowest BCUT2D eigenvalue weighted by Crippen LogP contribution is -2.33. The molecule has 0 unspecified atom stereocenters. The van der Waals surface area contributed by atoms with Gasteiger partial charge in [-0.05, 0) is 104 Å². The molecule has 4 aliphatic heterocycles. The number of phenolic OH excluding ortho intramolecular Hbond substituents is 2. The number of benzene rings is 4. The summed E-state index contributed by atoms with van der Waals surface area (Å²) in [5.74, 6) is 3.01. The number of hydrogen-bond donors (Lipinski definition) is 2. The Bertz CT molecular complexity index is 1700. The monoisotopic (exact) mass is 580 g/mol. The summed E-state index contributed by atoms with van der Waals surface area (Å²) >= 11 is 0. The van der Waals surface area contributed by atoms with Crippen LogP contribution in [-0.2, 0) is 19.3 Å². The number of aromatic hydroxyl groups is 2. The van der Waals surface area contributed by atoms with Gasteiger partial charge in [0.05, 0.1) is 20.3 Å². The van der Waals surface area contributed by atoms with E-state index in [1.807, 2.05) is 36.4 Å². The second-order valence-corrected chi connectivity index (χ2v) is 11.7. The lowest BCUT2D eigenvalue weighted by molar-refractivity contribution is 0.222. The molecule has 2 atom stereocenters. The molecule has 2 N–H and O–H groups in total. The molecule has 0 aliphatic carbocycles. The molecular formula is C35H36N2O6. The van der Waals surface area contributed by atoms with Gasteiger partial charge in [-0.3, -0.25) is 9.80 Å². The molecule has 4 aromatic carbocycles. The van der Waals surface area contributed by atoms with Crippen LogP contribution in [0.2, 0.25) is 0 Å². The third kappa shape index (κ3) is 4.71. The minimum atomic E-state index is -0.101. The Balaban J connectivity index is 1.45. The molecule has 8 heteroatoms. The molecule has 0 saturated carbocycles. The number of likely N-dealkylation sites (N-methyl/N-ethyl adjacent to an activating group) is 2. The van der Waals surface area contributed by atoms with Crippen LogP contribution in [0.15, 0.2) is 60.7 Å². The average molecular weight is 581 g/mol. The third-order valence-electron chi connectivity index (χ3n) is 9.15. The highest BCUT2D eigenvalue weighted by molar-refractivity contribution is 5.62. The van der Waals surface area contributed by atoms with Crippen LogP contribution in [-0.4, -0.2) is 61.4 Å². The van der Waals surface area contributed by atoms with E-state index in [9.17, 15) is 10.2 Å². The summed E-state index contributed by atoms with van der Waals surface area (Å²) in [7, 11) is 7.41. The highest BCUT2D eigenvalue weighted by Gasteiger charge is 2.33. The maximum absolute atomic E-state index is 11.4. The first-order valence-corrected chi connectivity index (χ1v) is 14.7. The number of rotatable bonds is 2. The molecule has 4 heterocycles. The van der Waals surface area contributed by atoms with Crippen molar-refractivity contribution in [1.82, 2.24) is 9.80 Å². The molecule has 6 bridgehead atoms. The van der Waals surface area contributed by atoms with E-state index in [1.165, 1.54) is 5.56 Å². The van der Waals surface area contributed by atoms with Gasteiger partial charge in [0.15, 0.2) is 34.5 Å². The summed E-state index contributed by atoms with van der Waals surface area (Å²) in [4.78, 5) is 4.60. The standard InChI is InChI=1S/C35H36N2O6/c1-36-13-12-23-18-31(41-4)34(39)35-32(23)26(36)15-20-5-10-27(38)28(16-20)43-30-19-25-22(17-29(30)40-3)11-14-37(2)33(25)21-6-8-24(42-35)9-7-21/h5-10,16-19,26,33,38-39H,11-15H2,1-4H3/t26-,33-/m1/s1. The lowest BCUT2D eigenvalue weighted by Gasteiger charge is -2.36. The number of fused-ring (bicyclic) bond motifs is 2. The van der Waals surface area contributed by atoms with Gasteiger partial charge in [0.25, 0.3) is 0 Å². The summed E-state index contributed by atoms with van der Waals surface area (Å²) in [6.45, 7) is 1.73. The van der Waals surface area contributed by atoms with Gasteiger partial charge in [-0.1, -0.05) is 18.2 Å². The van der Waals surface area contributed by atoms with Crippen LogP contribution in [0.25, 0.3) is 0 Å². The van der Waals surface area contributed by atoms with Crippen molar-refractivity contribution in [2.75, 3.05) is 41.4 Å². The highest BCUT2D eigenvalue weighted by atomic mass is 16.5. The molecular weight excluding hydrogens is 544 g/mol. The molecule has 0 amide bonds. The summed E-state index contributed by atoms with van der Waals surface area (Å²) in [5.41, 5.74) is 6.42. The molecule has 8 rings (SSSR count). The maximum Gasteiger partial charge on any atom is 0.201 e. The van der Waals surface area contributed by atoms with Gasteiger partial charge in [0, 0.05) is 24.7 Å². The van der Waals surface area contributed by atoms with Crippen molar-refractivity contribution in [2.45, 2.75) is 31.3 Å². The Hall–Kier alpha value is -4.40. The lowest BCUT2D eigenvalue weighted by atomic mass is 9.87. The van der Waals surface area contributed by atoms with Gasteiger partial charge in [-0.25, -0.2) is 0 Å². The van der Waals surface area contributed by atoms with Crippen LogP contribution in [0, 0.1) is 0 Å². The van der Waals surface area contributed by atoms with Crippen LogP contribution in [0.1, 0.15) is 45.5 Å². The number of phenols is 2. The summed E-state index contributed by atoms with van der Waals surface area (Å²) in [6.07, 6.45) is 2.29. The first-order chi connectivity index (χ1) is 20.8. The van der Waals surface area contributed by atoms with E-state index in [2.05, 4.69) is 42.1 Å². The number of ether oxygens (including phenoxy) is 4. The summed E-state index contributed by atoms with van der Waals surface area (Å²) < 4.78 is 24.3. The van der Waals surface area contributed by atoms with Crippen LogP contribution in [0.5, 0.6) is 46.0 Å². The zero-order valence-electron chi connectivity index (χ0n) is 24.9. The maximum atomic E-state index is 11.4. The molecule has 0 fully saturated rings. The van der Waals surface area contributed by atoms with Gasteiger partial charge < -0.3 is 29.2 Å². The average Bonchev–Trinajstić information content (AvgIpc) is 3.01. The smallest absolute Gasteiger partial charge is 0.201 e. The van der Waals surface area contributed by atoms with E-state index in [4.69, 9.17) is 18.9 Å². The summed E-state index contributed by atoms with van der Waals surface area (Å²) in [5, 5.41) is 22.3. The Kier molecular flexibility index (Phi) is 6.83. The molecule has 8 nitrogen and oxygen atoms in total. The number of methoxy groups -OCH3 is 2. The fraction of sp³-hybridized carbons (Fsp3) is 0.314. The molecule has 0 aromatic heterocycles. The van der Waals surface area contributed by atoms with Gasteiger partial charge in [-0.15, -0.1) is 0 Å². The Morgan fingerprint density at radius 3 is 2.26 bits per heavy atom. The minimum absolute atomic E-state index is 0.0157. The van der Waals surface area contributed by atoms with Crippen molar-refractivity contribution in [3.63, 3.8) is 0 Å². The summed E-state index contributed by atoms with van der Waals surface area (Å²) in [6, 6.07) is 19.5. The van der Waals surface area contributed by atoms with E-state index in [1.54, 1.807) is 20.3 Å². The zero-order valence-corrected chi connectivity index (χ0v) is 24.9. The molecule has 0 spiro atoms. The topological polar surface area (TPSA) is 83.9 Å². The van der Waals surface area contributed by atoms with Crippen molar-refractivity contribution in [3.8, 4) is 46.0 Å². The van der Waals surface area contributed by atoms with E-state index in [0.717, 1.165) is 53.7 Å². The highest BCUT2D eigenvalue weighted by Crippen LogP contribution is 2.50. The fourth-order valence-electron chi connectivity index (χ4n) is 6.82. The van der Waals surface area contributed by atoms with Crippen molar-refractivity contribution in [1.29, 1.82) is 0 Å². The van der Waals surface area contributed by atoms with Crippen molar-refractivity contribution in [3.05, 3.63) is 94.0 Å². The van der Waals surface area contributed by atoms with Gasteiger partial charge >= 0.3 is 0 Å². The first kappa shape index (κ1) is 27.4. The zero-order chi connectivity index (χ0) is 29.8. The Morgan fingerprint density at radius 2 is 1.49 bits per heavy atom. The third-order valence-corrected chi connectivity index (χ3v) is 9.15. The van der Waals surface area contributed by atoms with Crippen LogP contribution < -0.4 is 18.9 Å². The SMILES string of the molecule is COc1cc2c3cc1Oc1cc(ccc1O)C[C@@H]1c4c(cc(OC)c(O)c4Oc4ccc(cc4)[C@H]3N(C)CC2)CCN1C. The van der Waals surface area contributed by atoms with Gasteiger partial charge in [-0.2, -0.15) is 0 Å². The van der Waals surface area contributed by atoms with E-state index < -0.39 is 0 Å². The second-order valence-electron chi connectivity index (χ2n) is 11.7. The molecule has 0 radical (unpaired) electrons. The van der Waals surface area contributed by atoms with E-state index >= 15 is 0 Å². The molecule has 222 valence electrons. The fourth-order valence-corrected chi connectivity index (χ4v) is 6.82. The normalized spacial score (nSPS) is 19.5. The van der Waals surface area contributed by atoms with Crippen molar-refractivity contribution in [2.24, 2.45) is 0 Å². The van der Waals surface area contributed by atoms with E-state index in [0.29, 0.717) is 40.9 Å². The molecule has 43 heavy (non-hydrogen) atoms. The van der Waals surface area contributed by atoms with E-state index in [-0.39, 0.29) is 23.6 Å². The Labute approximate surface area is 251 Å². The Morgan fingerprint density at radius 1 is 0.767 bits per heavy atom. The predicted octanol–water partition coefficient (Wildman–Crippen LogP) is 6.36. The van der Waals surface area contributed by atoms with Crippen LogP contribution >= 0.6 is 0 Å². The number of nitrogens with zero attached hydrogens (tertiary/aromatic N) is 2. The molecule has 4 aliphatic rings. The van der Waals surface area contributed by atoms with Crippen LogP contribution in [0.3, 0.4) is 0 Å².